The van der Waals surface area contributed by atoms with E-state index in [0.717, 1.165) is 9.79 Å². The smallest absolute Gasteiger partial charge is 0.265 e. The number of benzene rings is 2. The maximum Gasteiger partial charge on any atom is 0.265 e. The fraction of sp³-hybridized carbons (Fsp3) is 0.286. The molecule has 1 amide bonds. The molecule has 0 aliphatic carbocycles. The molecule has 0 unspecified atom stereocenters. The summed E-state index contributed by atoms with van der Waals surface area (Å²) in [5.74, 6) is 1.86. The second-order valence-electron chi connectivity index (χ2n) is 6.81. The van der Waals surface area contributed by atoms with Gasteiger partial charge in [0.25, 0.3) is 5.91 Å². The lowest BCUT2D eigenvalue weighted by molar-refractivity contribution is -0.133. The summed E-state index contributed by atoms with van der Waals surface area (Å²) in [6.07, 6.45) is 0.0787. The van der Waals surface area contributed by atoms with Crippen molar-refractivity contribution in [2.45, 2.75) is 39.2 Å². The van der Waals surface area contributed by atoms with Crippen LogP contribution in [0.3, 0.4) is 0 Å². The van der Waals surface area contributed by atoms with Gasteiger partial charge in [-0.2, -0.15) is 0 Å². The summed E-state index contributed by atoms with van der Waals surface area (Å²) in [4.78, 5) is 16.1. The lowest BCUT2D eigenvalue weighted by atomic mass is 9.95. The standard InChI is InChI=1S/C21H21ClN2O4S2/c1-2-13-24-14-11-21(12-15-24,20(25)23-26)30(27,28)19-9-7-18(8-10-19)29-17-5-3-16(22)4-6-17/h3-10,26H,11-12,14-15H2,1H3,(H,23,25). The molecule has 0 atom stereocenters. The Kier molecular flexibility index (Phi) is 6.98. The van der Waals surface area contributed by atoms with Crippen LogP contribution >= 0.6 is 23.4 Å². The molecule has 1 aliphatic heterocycles. The average Bonchev–Trinajstić information content (AvgIpc) is 2.76. The molecule has 6 nitrogen and oxygen atoms in total. The number of nitrogens with one attached hydrogen (secondary N) is 1. The van der Waals surface area contributed by atoms with E-state index in [0.29, 0.717) is 18.1 Å². The summed E-state index contributed by atoms with van der Waals surface area (Å²) < 4.78 is 25.1. The topological polar surface area (TPSA) is 86.7 Å². The largest absolute Gasteiger partial charge is 0.333 e. The molecule has 0 spiro atoms. The van der Waals surface area contributed by atoms with Gasteiger partial charge in [-0.05, 0) is 68.3 Å². The van der Waals surface area contributed by atoms with Gasteiger partial charge in [-0.25, -0.2) is 13.9 Å². The van der Waals surface area contributed by atoms with Gasteiger partial charge in [0.05, 0.1) is 4.90 Å². The minimum Gasteiger partial charge on any atom is -0.333 e. The first-order valence-corrected chi connectivity index (χ1v) is 11.9. The van der Waals surface area contributed by atoms with Gasteiger partial charge in [-0.3, -0.25) is 10.0 Å². The van der Waals surface area contributed by atoms with Gasteiger partial charge >= 0.3 is 0 Å². The molecule has 9 heteroatoms. The molecule has 1 aliphatic rings. The molecule has 2 N–H and O–H groups in total. The number of amides is 1. The van der Waals surface area contributed by atoms with Crippen molar-refractivity contribution in [1.82, 2.24) is 10.4 Å². The van der Waals surface area contributed by atoms with Crippen LogP contribution in [-0.4, -0.2) is 42.3 Å². The predicted octanol–water partition coefficient (Wildman–Crippen LogP) is 3.59. The van der Waals surface area contributed by atoms with Crippen LogP contribution in [-0.2, 0) is 14.6 Å². The van der Waals surface area contributed by atoms with E-state index < -0.39 is 20.5 Å². The second kappa shape index (κ2) is 9.31. The molecule has 1 saturated heterocycles. The van der Waals surface area contributed by atoms with Crippen molar-refractivity contribution in [1.29, 1.82) is 0 Å². The van der Waals surface area contributed by atoms with Gasteiger partial charge in [0.15, 0.2) is 14.6 Å². The van der Waals surface area contributed by atoms with Crippen molar-refractivity contribution >= 4 is 39.1 Å². The lowest BCUT2D eigenvalue weighted by Crippen LogP contribution is -2.57. The van der Waals surface area contributed by atoms with Crippen molar-refractivity contribution in [3.8, 4) is 12.0 Å². The third-order valence-corrected chi connectivity index (χ3v) is 8.84. The fourth-order valence-corrected chi connectivity index (χ4v) is 6.31. The minimum absolute atomic E-state index is 0.0394. The molecule has 2 aromatic carbocycles. The maximum absolute atomic E-state index is 13.4. The third-order valence-electron chi connectivity index (χ3n) is 5.05. The summed E-state index contributed by atoms with van der Waals surface area (Å²) >= 11 is 7.37. The lowest BCUT2D eigenvalue weighted by Gasteiger charge is -2.38. The zero-order valence-corrected chi connectivity index (χ0v) is 18.6. The van der Waals surface area contributed by atoms with E-state index in [1.807, 2.05) is 12.1 Å². The van der Waals surface area contributed by atoms with Crippen molar-refractivity contribution < 1.29 is 18.4 Å². The van der Waals surface area contributed by atoms with Crippen molar-refractivity contribution in [3.63, 3.8) is 0 Å². The normalized spacial score (nSPS) is 15.8. The monoisotopic (exact) mass is 464 g/mol. The Labute approximate surface area is 185 Å². The minimum atomic E-state index is -4.04. The van der Waals surface area contributed by atoms with Crippen LogP contribution in [0.1, 0.15) is 19.8 Å². The van der Waals surface area contributed by atoms with Crippen LogP contribution in [0.25, 0.3) is 0 Å². The van der Waals surface area contributed by atoms with Crippen molar-refractivity contribution in [2.75, 3.05) is 13.1 Å². The summed E-state index contributed by atoms with van der Waals surface area (Å²) in [7, 11) is -4.04. The molecule has 158 valence electrons. The maximum atomic E-state index is 13.4. The molecular formula is C21H21ClN2O4S2. The summed E-state index contributed by atoms with van der Waals surface area (Å²) in [6, 6.07) is 16.6. The molecule has 2 aromatic rings. The first-order chi connectivity index (χ1) is 14.3. The Hall–Kier alpha value is -2.18. The van der Waals surface area contributed by atoms with Gasteiger partial charge in [-0.15, -0.1) is 0 Å². The highest BCUT2D eigenvalue weighted by molar-refractivity contribution is 7.99. The number of carbonyl (C=O) groups is 1. The Bertz CT molecular complexity index is 1070. The first-order valence-electron chi connectivity index (χ1n) is 9.22. The molecule has 0 radical (unpaired) electrons. The number of sulfone groups is 1. The van der Waals surface area contributed by atoms with E-state index in [1.165, 1.54) is 23.9 Å². The highest BCUT2D eigenvalue weighted by atomic mass is 35.5. The number of nitrogens with zero attached hydrogens (tertiary/aromatic N) is 1. The highest BCUT2D eigenvalue weighted by Crippen LogP contribution is 2.37. The molecule has 30 heavy (non-hydrogen) atoms. The summed E-state index contributed by atoms with van der Waals surface area (Å²) in [5.41, 5.74) is 1.56. The molecule has 0 bridgehead atoms. The summed E-state index contributed by atoms with van der Waals surface area (Å²) in [5, 5.41) is 9.88. The SMILES string of the molecule is CC#CN1CCC(C(=O)NO)(S(=O)(=O)c2ccc(Sc3ccc(Cl)cc3)cc2)CC1. The Morgan fingerprint density at radius 3 is 2.13 bits per heavy atom. The Morgan fingerprint density at radius 2 is 1.63 bits per heavy atom. The van der Waals surface area contributed by atoms with E-state index in [2.05, 4.69) is 12.0 Å². The van der Waals surface area contributed by atoms with Crippen LogP contribution in [0.2, 0.25) is 5.02 Å². The molecular weight excluding hydrogens is 444 g/mol. The van der Waals surface area contributed by atoms with E-state index in [1.54, 1.807) is 41.6 Å². The molecule has 1 fully saturated rings. The number of likely N-dealkylation sites (tertiary alicyclic amines) is 1. The molecule has 3 rings (SSSR count). The van der Waals surface area contributed by atoms with Crippen molar-refractivity contribution in [2.24, 2.45) is 0 Å². The van der Waals surface area contributed by atoms with Crippen LogP contribution in [0, 0.1) is 12.0 Å². The van der Waals surface area contributed by atoms with Gasteiger partial charge in [-0.1, -0.05) is 29.3 Å². The zero-order chi connectivity index (χ0) is 21.8. The van der Waals surface area contributed by atoms with Crippen LogP contribution < -0.4 is 5.48 Å². The average molecular weight is 465 g/mol. The third kappa shape index (κ3) is 4.44. The molecule has 1 heterocycles. The van der Waals surface area contributed by atoms with Crippen LogP contribution in [0.15, 0.2) is 63.2 Å². The van der Waals surface area contributed by atoms with Gasteiger partial charge < -0.3 is 4.90 Å². The number of hydrogen-bond donors (Lipinski definition) is 2. The van der Waals surface area contributed by atoms with Crippen molar-refractivity contribution in [3.05, 3.63) is 53.6 Å². The quantitative estimate of drug-likeness (QED) is 0.399. The number of piperidine rings is 1. The number of halogens is 1. The Balaban J connectivity index is 1.87. The van der Waals surface area contributed by atoms with E-state index in [4.69, 9.17) is 11.6 Å². The van der Waals surface area contributed by atoms with E-state index in [-0.39, 0.29) is 17.7 Å². The number of carbonyl (C=O) groups excluding carboxylic acids is 1. The molecule has 0 saturated carbocycles. The van der Waals surface area contributed by atoms with Gasteiger partial charge in [0, 0.05) is 33.9 Å². The summed E-state index contributed by atoms with van der Waals surface area (Å²) in [6.45, 7) is 2.33. The Morgan fingerprint density at radius 1 is 1.10 bits per heavy atom. The number of hydroxylamine groups is 1. The van der Waals surface area contributed by atoms with Gasteiger partial charge in [0.1, 0.15) is 0 Å². The fourth-order valence-electron chi connectivity index (χ4n) is 3.41. The van der Waals surface area contributed by atoms with E-state index >= 15 is 0 Å². The van der Waals surface area contributed by atoms with Crippen LogP contribution in [0.5, 0.6) is 0 Å². The van der Waals surface area contributed by atoms with E-state index in [9.17, 15) is 18.4 Å². The predicted molar refractivity (Wildman–Crippen MR) is 116 cm³/mol. The highest BCUT2D eigenvalue weighted by Gasteiger charge is 2.52. The molecule has 0 aromatic heterocycles. The number of rotatable bonds is 5. The van der Waals surface area contributed by atoms with Gasteiger partial charge in [0.2, 0.25) is 0 Å². The van der Waals surface area contributed by atoms with Crippen LogP contribution in [0.4, 0.5) is 0 Å². The zero-order valence-electron chi connectivity index (χ0n) is 16.3. The number of hydrogen-bond acceptors (Lipinski definition) is 6. The first kappa shape index (κ1) is 22.5. The second-order valence-corrected chi connectivity index (χ2v) is 10.7.